The van der Waals surface area contributed by atoms with Gasteiger partial charge in [-0.2, -0.15) is 5.26 Å². The molecular weight excluding hydrogens is 516 g/mol. The number of ether oxygens (including phenoxy) is 4. The molecule has 8 heteroatoms. The number of hydrogen-bond donors (Lipinski definition) is 1. The minimum absolute atomic E-state index is 0.118. The number of carbonyl (C=O) groups excluding carboxylic acids is 1. The number of halogens is 1. The fraction of sp³-hybridized carbons (Fsp3) is 0.161. The van der Waals surface area contributed by atoms with Crippen LogP contribution >= 0.6 is 11.6 Å². The minimum Gasteiger partial charge on any atom is -0.495 e. The molecule has 198 valence electrons. The lowest BCUT2D eigenvalue weighted by Gasteiger charge is -2.15. The maximum atomic E-state index is 12.9. The molecule has 0 heterocycles. The highest BCUT2D eigenvalue weighted by Gasteiger charge is 2.16. The average Bonchev–Trinajstić information content (AvgIpc) is 2.96. The maximum absolute atomic E-state index is 12.9. The molecule has 4 aromatic rings. The number of nitriles is 1. The number of amides is 1. The van der Waals surface area contributed by atoms with Crippen LogP contribution in [0.4, 0.5) is 5.69 Å². The fourth-order valence-electron chi connectivity index (χ4n) is 4.14. The Morgan fingerprint density at radius 3 is 2.38 bits per heavy atom. The topological polar surface area (TPSA) is 89.8 Å². The van der Waals surface area contributed by atoms with E-state index in [1.807, 2.05) is 18.2 Å². The molecule has 4 rings (SSSR count). The first kappa shape index (κ1) is 27.4. The van der Waals surface area contributed by atoms with Crippen LogP contribution in [0.25, 0.3) is 16.8 Å². The predicted octanol–water partition coefficient (Wildman–Crippen LogP) is 6.95. The molecule has 0 saturated carbocycles. The van der Waals surface area contributed by atoms with Gasteiger partial charge in [-0.3, -0.25) is 4.79 Å². The molecule has 1 N–H and O–H groups in total. The molecule has 0 saturated heterocycles. The summed E-state index contributed by atoms with van der Waals surface area (Å²) in [7, 11) is 4.45. The highest BCUT2D eigenvalue weighted by molar-refractivity contribution is 6.32. The van der Waals surface area contributed by atoms with Gasteiger partial charge in [0.25, 0.3) is 5.91 Å². The van der Waals surface area contributed by atoms with Crippen LogP contribution in [0.3, 0.4) is 0 Å². The van der Waals surface area contributed by atoms with Gasteiger partial charge in [0.1, 0.15) is 29.7 Å². The Hall–Kier alpha value is -4.67. The van der Waals surface area contributed by atoms with Gasteiger partial charge in [-0.05, 0) is 47.0 Å². The first-order valence-corrected chi connectivity index (χ1v) is 12.4. The van der Waals surface area contributed by atoms with Crippen LogP contribution in [0.5, 0.6) is 23.0 Å². The first-order valence-electron chi connectivity index (χ1n) is 12.0. The lowest BCUT2D eigenvalue weighted by Crippen LogP contribution is -2.14. The summed E-state index contributed by atoms with van der Waals surface area (Å²) in [6.07, 6.45) is 1.47. The number of nitrogens with one attached hydrogen (secondary N) is 1. The van der Waals surface area contributed by atoms with Crippen molar-refractivity contribution in [2.75, 3.05) is 26.6 Å². The van der Waals surface area contributed by atoms with Gasteiger partial charge in [-0.15, -0.1) is 0 Å². The third-order valence-electron chi connectivity index (χ3n) is 6.23. The van der Waals surface area contributed by atoms with Crippen LogP contribution in [0, 0.1) is 18.3 Å². The molecule has 0 aliphatic rings. The first-order chi connectivity index (χ1) is 18.9. The quantitative estimate of drug-likeness (QED) is 0.182. The summed E-state index contributed by atoms with van der Waals surface area (Å²) in [5.74, 6) is 1.09. The highest BCUT2D eigenvalue weighted by atomic mass is 35.5. The number of hydrogen-bond acceptors (Lipinski definition) is 6. The number of methoxy groups -OCH3 is 3. The Balaban J connectivity index is 1.56. The molecule has 39 heavy (non-hydrogen) atoms. The number of fused-ring (bicyclic) bond motifs is 1. The van der Waals surface area contributed by atoms with E-state index in [4.69, 9.17) is 30.5 Å². The second kappa shape index (κ2) is 12.2. The summed E-state index contributed by atoms with van der Waals surface area (Å²) in [4.78, 5) is 12.9. The SMILES string of the molecule is COc1cc(NC(=O)/C(C#N)=C/c2ccc(OCc3c(C)ccc4ccccc34)c(OC)c2)c(OC)cc1Cl. The van der Waals surface area contributed by atoms with E-state index >= 15 is 0 Å². The lowest BCUT2D eigenvalue weighted by molar-refractivity contribution is -0.112. The molecule has 0 atom stereocenters. The van der Waals surface area contributed by atoms with E-state index in [1.54, 1.807) is 18.2 Å². The standard InChI is InChI=1S/C31H27ClN2O5/c1-19-9-11-21-7-5-6-8-23(21)24(19)18-39-27-12-10-20(14-30(27)38-4)13-22(17-33)31(35)34-26-16-28(36-2)25(32)15-29(26)37-3/h5-16H,18H2,1-4H3,(H,34,35)/b22-13+. The lowest BCUT2D eigenvalue weighted by atomic mass is 10.0. The molecule has 0 aromatic heterocycles. The van der Waals surface area contributed by atoms with Crippen molar-refractivity contribution in [2.45, 2.75) is 13.5 Å². The molecule has 1 amide bonds. The zero-order valence-electron chi connectivity index (χ0n) is 22.0. The van der Waals surface area contributed by atoms with Gasteiger partial charge < -0.3 is 24.3 Å². The number of aryl methyl sites for hydroxylation is 1. The molecule has 0 aliphatic carbocycles. The van der Waals surface area contributed by atoms with Gasteiger partial charge in [0.15, 0.2) is 11.5 Å². The second-order valence-electron chi connectivity index (χ2n) is 8.59. The largest absolute Gasteiger partial charge is 0.495 e. The van der Waals surface area contributed by atoms with Crippen molar-refractivity contribution in [1.82, 2.24) is 0 Å². The van der Waals surface area contributed by atoms with Crippen LogP contribution in [0.15, 0.2) is 72.3 Å². The third-order valence-corrected chi connectivity index (χ3v) is 6.53. The summed E-state index contributed by atoms with van der Waals surface area (Å²) in [6.45, 7) is 2.41. The van der Waals surface area contributed by atoms with Crippen LogP contribution < -0.4 is 24.3 Å². The van der Waals surface area contributed by atoms with Crippen LogP contribution in [-0.4, -0.2) is 27.2 Å². The molecule has 4 aromatic carbocycles. The monoisotopic (exact) mass is 542 g/mol. The van der Waals surface area contributed by atoms with Gasteiger partial charge in [-0.25, -0.2) is 0 Å². The number of nitrogens with zero attached hydrogens (tertiary/aromatic N) is 1. The summed E-state index contributed by atoms with van der Waals surface area (Å²) < 4.78 is 22.2. The average molecular weight is 543 g/mol. The van der Waals surface area contributed by atoms with Gasteiger partial charge >= 0.3 is 0 Å². The summed E-state index contributed by atoms with van der Waals surface area (Å²) in [5, 5.41) is 15.0. The number of carbonyl (C=O) groups is 1. The Bertz CT molecular complexity index is 1610. The molecule has 0 radical (unpaired) electrons. The van der Waals surface area contributed by atoms with Crippen molar-refractivity contribution in [2.24, 2.45) is 0 Å². The Kier molecular flexibility index (Phi) is 8.60. The smallest absolute Gasteiger partial charge is 0.266 e. The Morgan fingerprint density at radius 1 is 0.923 bits per heavy atom. The Morgan fingerprint density at radius 2 is 1.67 bits per heavy atom. The molecule has 0 spiro atoms. The Labute approximate surface area is 232 Å². The van der Waals surface area contributed by atoms with Gasteiger partial charge in [-0.1, -0.05) is 54.1 Å². The van der Waals surface area contributed by atoms with Crippen LogP contribution in [-0.2, 0) is 11.4 Å². The maximum Gasteiger partial charge on any atom is 0.266 e. The molecule has 0 bridgehead atoms. The minimum atomic E-state index is -0.620. The van der Waals surface area contributed by atoms with Crippen LogP contribution in [0.1, 0.15) is 16.7 Å². The normalized spacial score (nSPS) is 11.0. The highest BCUT2D eigenvalue weighted by Crippen LogP contribution is 2.36. The van der Waals surface area contributed by atoms with E-state index in [1.165, 1.54) is 39.5 Å². The van der Waals surface area contributed by atoms with E-state index < -0.39 is 5.91 Å². The number of benzene rings is 4. The zero-order chi connectivity index (χ0) is 27.9. The van der Waals surface area contributed by atoms with E-state index in [-0.39, 0.29) is 5.57 Å². The summed E-state index contributed by atoms with van der Waals surface area (Å²) in [5.41, 5.74) is 3.01. The third kappa shape index (κ3) is 6.08. The van der Waals surface area contributed by atoms with Crippen molar-refractivity contribution in [3.05, 3.63) is 94.0 Å². The number of rotatable bonds is 9. The summed E-state index contributed by atoms with van der Waals surface area (Å²) >= 11 is 6.14. The molecule has 0 fully saturated rings. The zero-order valence-corrected chi connectivity index (χ0v) is 22.8. The van der Waals surface area contributed by atoms with Crippen LogP contribution in [0.2, 0.25) is 5.02 Å². The van der Waals surface area contributed by atoms with Gasteiger partial charge in [0.2, 0.25) is 0 Å². The van der Waals surface area contributed by atoms with Crippen molar-refractivity contribution in [3.8, 4) is 29.1 Å². The molecule has 7 nitrogen and oxygen atoms in total. The van der Waals surface area contributed by atoms with Gasteiger partial charge in [0.05, 0.1) is 32.0 Å². The van der Waals surface area contributed by atoms with Crippen molar-refractivity contribution >= 4 is 40.0 Å². The van der Waals surface area contributed by atoms with Crippen molar-refractivity contribution in [3.63, 3.8) is 0 Å². The van der Waals surface area contributed by atoms with Gasteiger partial charge in [0, 0.05) is 17.7 Å². The second-order valence-corrected chi connectivity index (χ2v) is 9.00. The van der Waals surface area contributed by atoms with E-state index in [0.717, 1.165) is 21.9 Å². The van der Waals surface area contributed by atoms with Crippen molar-refractivity contribution in [1.29, 1.82) is 5.26 Å². The molecular formula is C31H27ClN2O5. The number of anilines is 1. The van der Waals surface area contributed by atoms with E-state index in [2.05, 4.69) is 36.5 Å². The molecule has 0 unspecified atom stereocenters. The van der Waals surface area contributed by atoms with Crippen molar-refractivity contribution < 1.29 is 23.7 Å². The summed E-state index contributed by atoms with van der Waals surface area (Å²) in [6, 6.07) is 22.6. The van der Waals surface area contributed by atoms with E-state index in [0.29, 0.717) is 45.9 Å². The molecule has 0 aliphatic heterocycles. The fourth-order valence-corrected chi connectivity index (χ4v) is 4.37. The van der Waals surface area contributed by atoms with E-state index in [9.17, 15) is 10.1 Å². The predicted molar refractivity (Wildman–Crippen MR) is 153 cm³/mol.